The Balaban J connectivity index is 1.49. The molecule has 2 amide bonds. The van der Waals surface area contributed by atoms with Gasteiger partial charge in [0, 0.05) is 31.8 Å². The molecule has 164 valence electrons. The Morgan fingerprint density at radius 1 is 1.19 bits per heavy atom. The van der Waals surface area contributed by atoms with Gasteiger partial charge in [-0.05, 0) is 36.8 Å². The SMILES string of the molecule is CC(c1cccc(S(N)(=O)=O)c1)N(C)C(=O)C1CC(=O)N(c2ccc3c(c2)OCO3)C1. The fourth-order valence-corrected chi connectivity index (χ4v) is 4.40. The lowest BCUT2D eigenvalue weighted by molar-refractivity contribution is -0.136. The number of nitrogens with two attached hydrogens (primary N) is 1. The van der Waals surface area contributed by atoms with E-state index in [1.807, 2.05) is 0 Å². The van der Waals surface area contributed by atoms with Gasteiger partial charge in [0.15, 0.2) is 11.5 Å². The predicted octanol–water partition coefficient (Wildman–Crippen LogP) is 1.64. The second-order valence-electron chi connectivity index (χ2n) is 7.69. The van der Waals surface area contributed by atoms with Crippen LogP contribution in [-0.2, 0) is 19.6 Å². The molecule has 2 aromatic carbocycles. The normalized spacial score (nSPS) is 18.9. The van der Waals surface area contributed by atoms with E-state index < -0.39 is 22.0 Å². The van der Waals surface area contributed by atoms with Crippen LogP contribution in [-0.4, -0.2) is 45.5 Å². The molecule has 31 heavy (non-hydrogen) atoms. The highest BCUT2D eigenvalue weighted by Gasteiger charge is 2.38. The Bertz CT molecular complexity index is 1150. The summed E-state index contributed by atoms with van der Waals surface area (Å²) in [5, 5.41) is 5.21. The third-order valence-electron chi connectivity index (χ3n) is 5.74. The van der Waals surface area contributed by atoms with Crippen LogP contribution in [0.1, 0.15) is 24.9 Å². The molecule has 10 heteroatoms. The van der Waals surface area contributed by atoms with Crippen molar-refractivity contribution >= 4 is 27.5 Å². The van der Waals surface area contributed by atoms with Gasteiger partial charge in [-0.3, -0.25) is 9.59 Å². The van der Waals surface area contributed by atoms with Crippen LogP contribution in [0.15, 0.2) is 47.4 Å². The molecule has 2 aromatic rings. The first-order valence-corrected chi connectivity index (χ1v) is 11.3. The number of sulfonamides is 1. The van der Waals surface area contributed by atoms with E-state index in [-0.39, 0.29) is 36.5 Å². The average molecular weight is 445 g/mol. The van der Waals surface area contributed by atoms with Crippen LogP contribution < -0.4 is 19.5 Å². The number of amides is 2. The van der Waals surface area contributed by atoms with Crippen LogP contribution in [0, 0.1) is 5.92 Å². The summed E-state index contributed by atoms with van der Waals surface area (Å²) in [5.41, 5.74) is 1.29. The Hall–Kier alpha value is -3.11. The smallest absolute Gasteiger partial charge is 0.238 e. The molecule has 1 fully saturated rings. The zero-order valence-corrected chi connectivity index (χ0v) is 18.0. The maximum Gasteiger partial charge on any atom is 0.238 e. The Morgan fingerprint density at radius 2 is 1.94 bits per heavy atom. The summed E-state index contributed by atoms with van der Waals surface area (Å²) in [6, 6.07) is 11.0. The van der Waals surface area contributed by atoms with E-state index in [2.05, 4.69) is 0 Å². The molecular weight excluding hydrogens is 422 g/mol. The van der Waals surface area contributed by atoms with Gasteiger partial charge in [0.1, 0.15) is 0 Å². The van der Waals surface area contributed by atoms with Crippen molar-refractivity contribution in [3.05, 3.63) is 48.0 Å². The lowest BCUT2D eigenvalue weighted by Crippen LogP contribution is -2.36. The molecule has 0 radical (unpaired) electrons. The molecule has 0 spiro atoms. The molecule has 9 nitrogen and oxygen atoms in total. The van der Waals surface area contributed by atoms with Gasteiger partial charge in [0.25, 0.3) is 0 Å². The number of hydrogen-bond acceptors (Lipinski definition) is 6. The van der Waals surface area contributed by atoms with E-state index >= 15 is 0 Å². The highest BCUT2D eigenvalue weighted by molar-refractivity contribution is 7.89. The predicted molar refractivity (Wildman–Crippen MR) is 112 cm³/mol. The second kappa shape index (κ2) is 7.86. The Kier molecular flexibility index (Phi) is 5.36. The molecule has 1 saturated heterocycles. The molecule has 2 unspecified atom stereocenters. The fourth-order valence-electron chi connectivity index (χ4n) is 3.83. The van der Waals surface area contributed by atoms with Crippen LogP contribution in [0.3, 0.4) is 0 Å². The van der Waals surface area contributed by atoms with E-state index in [4.69, 9.17) is 14.6 Å². The van der Waals surface area contributed by atoms with E-state index in [9.17, 15) is 18.0 Å². The van der Waals surface area contributed by atoms with Gasteiger partial charge >= 0.3 is 0 Å². The van der Waals surface area contributed by atoms with Crippen molar-refractivity contribution in [2.45, 2.75) is 24.3 Å². The van der Waals surface area contributed by atoms with Crippen LogP contribution in [0.4, 0.5) is 5.69 Å². The minimum atomic E-state index is -3.84. The number of rotatable bonds is 5. The van der Waals surface area contributed by atoms with Gasteiger partial charge in [-0.2, -0.15) is 0 Å². The van der Waals surface area contributed by atoms with E-state index in [0.29, 0.717) is 22.7 Å². The number of carbonyl (C=O) groups excluding carboxylic acids is 2. The van der Waals surface area contributed by atoms with Gasteiger partial charge in [-0.25, -0.2) is 13.6 Å². The van der Waals surface area contributed by atoms with Gasteiger partial charge in [-0.1, -0.05) is 12.1 Å². The van der Waals surface area contributed by atoms with Crippen molar-refractivity contribution in [1.29, 1.82) is 0 Å². The lowest BCUT2D eigenvalue weighted by atomic mass is 10.0. The fraction of sp³-hybridized carbons (Fsp3) is 0.333. The summed E-state index contributed by atoms with van der Waals surface area (Å²) in [5.74, 6) is 0.352. The van der Waals surface area contributed by atoms with Crippen molar-refractivity contribution in [2.75, 3.05) is 25.3 Å². The van der Waals surface area contributed by atoms with Crippen molar-refractivity contribution in [1.82, 2.24) is 4.90 Å². The van der Waals surface area contributed by atoms with Crippen LogP contribution in [0.5, 0.6) is 11.5 Å². The monoisotopic (exact) mass is 445 g/mol. The van der Waals surface area contributed by atoms with Crippen LogP contribution >= 0.6 is 0 Å². The number of fused-ring (bicyclic) bond motifs is 1. The number of benzene rings is 2. The molecule has 2 atom stereocenters. The number of ether oxygens (including phenoxy) is 2. The number of anilines is 1. The van der Waals surface area contributed by atoms with Gasteiger partial charge in [0.05, 0.1) is 16.9 Å². The maximum absolute atomic E-state index is 13.1. The molecule has 2 heterocycles. The third-order valence-corrected chi connectivity index (χ3v) is 6.65. The van der Waals surface area contributed by atoms with Gasteiger partial charge in [-0.15, -0.1) is 0 Å². The van der Waals surface area contributed by atoms with Crippen LogP contribution in [0.2, 0.25) is 0 Å². The molecule has 0 aromatic heterocycles. The lowest BCUT2D eigenvalue weighted by Gasteiger charge is -2.28. The number of nitrogens with zero attached hydrogens (tertiary/aromatic N) is 2. The molecule has 2 N–H and O–H groups in total. The zero-order valence-electron chi connectivity index (χ0n) is 17.1. The molecule has 2 aliphatic rings. The Labute approximate surface area is 180 Å². The van der Waals surface area contributed by atoms with Crippen molar-refractivity contribution in [2.24, 2.45) is 11.1 Å². The first-order chi connectivity index (χ1) is 14.6. The molecule has 4 rings (SSSR count). The third kappa shape index (κ3) is 4.08. The van der Waals surface area contributed by atoms with Crippen molar-refractivity contribution in [3.8, 4) is 11.5 Å². The van der Waals surface area contributed by atoms with E-state index in [0.717, 1.165) is 0 Å². The highest BCUT2D eigenvalue weighted by atomic mass is 32.2. The Morgan fingerprint density at radius 3 is 2.68 bits per heavy atom. The summed E-state index contributed by atoms with van der Waals surface area (Å²) in [4.78, 5) is 28.8. The average Bonchev–Trinajstić information content (AvgIpc) is 3.37. The first kappa shape index (κ1) is 21.1. The van der Waals surface area contributed by atoms with Crippen LogP contribution in [0.25, 0.3) is 0 Å². The summed E-state index contributed by atoms with van der Waals surface area (Å²) >= 11 is 0. The molecule has 0 bridgehead atoms. The number of carbonyl (C=O) groups is 2. The van der Waals surface area contributed by atoms with Gasteiger partial charge in [0.2, 0.25) is 28.6 Å². The van der Waals surface area contributed by atoms with E-state index in [1.165, 1.54) is 17.0 Å². The minimum absolute atomic E-state index is 0.0114. The van der Waals surface area contributed by atoms with E-state index in [1.54, 1.807) is 49.2 Å². The highest BCUT2D eigenvalue weighted by Crippen LogP contribution is 2.37. The van der Waals surface area contributed by atoms with Gasteiger partial charge < -0.3 is 19.3 Å². The topological polar surface area (TPSA) is 119 Å². The summed E-state index contributed by atoms with van der Waals surface area (Å²) in [6.07, 6.45) is 0.0988. The summed E-state index contributed by atoms with van der Waals surface area (Å²) < 4.78 is 33.9. The molecule has 0 aliphatic carbocycles. The molecule has 0 saturated carbocycles. The first-order valence-electron chi connectivity index (χ1n) is 9.74. The quantitative estimate of drug-likeness (QED) is 0.747. The zero-order chi connectivity index (χ0) is 22.3. The van der Waals surface area contributed by atoms with Crippen molar-refractivity contribution < 1.29 is 27.5 Å². The number of primary sulfonamides is 1. The summed E-state index contributed by atoms with van der Waals surface area (Å²) in [7, 11) is -2.20. The second-order valence-corrected chi connectivity index (χ2v) is 9.25. The standard InChI is InChI=1S/C21H23N3O6S/c1-13(14-4-3-5-17(8-14)31(22,27)28)23(2)21(26)15-9-20(25)24(11-15)16-6-7-18-19(10-16)30-12-29-18/h3-8,10,13,15H,9,11-12H2,1-2H3,(H2,22,27,28). The largest absolute Gasteiger partial charge is 0.454 e. The molecule has 2 aliphatic heterocycles. The maximum atomic E-state index is 13.1. The summed E-state index contributed by atoms with van der Waals surface area (Å²) in [6.45, 7) is 2.20. The number of hydrogen-bond donors (Lipinski definition) is 1. The molecular formula is C21H23N3O6S. The minimum Gasteiger partial charge on any atom is -0.454 e. The van der Waals surface area contributed by atoms with Crippen molar-refractivity contribution in [3.63, 3.8) is 0 Å².